The van der Waals surface area contributed by atoms with Crippen molar-refractivity contribution in [3.63, 3.8) is 0 Å². The molecule has 0 aromatic rings. The van der Waals surface area contributed by atoms with Crippen LogP contribution < -0.4 is 0 Å². The summed E-state index contributed by atoms with van der Waals surface area (Å²) in [6.45, 7) is 6.88. The van der Waals surface area contributed by atoms with E-state index in [1.807, 2.05) is 0 Å². The van der Waals surface area contributed by atoms with Crippen LogP contribution in [0.5, 0.6) is 0 Å². The van der Waals surface area contributed by atoms with E-state index in [4.69, 9.17) is 8.32 Å². The molecule has 0 unspecified atom stereocenters. The SMILES string of the molecule is CCCC[CH2][Pb]([Cl])([CH2]CCCC)[CH2]CCCC. The van der Waals surface area contributed by atoms with Crippen molar-refractivity contribution >= 4 is 28.3 Å². The third-order valence-corrected chi connectivity index (χ3v) is 23.2. The van der Waals surface area contributed by atoms with E-state index < -0.39 is 19.9 Å². The number of rotatable bonds is 12. The molecule has 0 fully saturated rings. The van der Waals surface area contributed by atoms with Crippen LogP contribution in [-0.2, 0) is 0 Å². The number of halogens is 1. The van der Waals surface area contributed by atoms with E-state index in [0.29, 0.717) is 0 Å². The second-order valence-corrected chi connectivity index (χ2v) is 27.3. The first-order chi connectivity index (χ1) is 8.18. The second kappa shape index (κ2) is 12.3. The van der Waals surface area contributed by atoms with Gasteiger partial charge in [-0.2, -0.15) is 0 Å². The molecule has 0 heterocycles. The minimum atomic E-state index is -2.30. The van der Waals surface area contributed by atoms with Crippen LogP contribution in [0.15, 0.2) is 0 Å². The van der Waals surface area contributed by atoms with Gasteiger partial charge in [0.2, 0.25) is 0 Å². The number of hydrogen-bond donors (Lipinski definition) is 0. The van der Waals surface area contributed by atoms with Gasteiger partial charge in [0.25, 0.3) is 0 Å². The van der Waals surface area contributed by atoms with Crippen molar-refractivity contribution in [2.45, 2.75) is 90.5 Å². The Bertz CT molecular complexity index is 132. The standard InChI is InChI=1S/3C5H11.ClH.Pb/c3*1-3-5-4-2;;/h3*1,3-5H2,2H3;1H;/q;;;;+1/p-1. The fourth-order valence-electron chi connectivity index (χ4n) is 2.45. The summed E-state index contributed by atoms with van der Waals surface area (Å²) >= 11 is -2.30. The van der Waals surface area contributed by atoms with Crippen molar-refractivity contribution in [1.82, 2.24) is 0 Å². The van der Waals surface area contributed by atoms with Crippen LogP contribution in [0.25, 0.3) is 0 Å². The van der Waals surface area contributed by atoms with Gasteiger partial charge in [-0.05, 0) is 0 Å². The maximum absolute atomic E-state index is 7.07. The number of hydrogen-bond acceptors (Lipinski definition) is 0. The molecule has 0 aliphatic heterocycles. The molecule has 0 bridgehead atoms. The Morgan fingerprint density at radius 2 is 0.882 bits per heavy atom. The average Bonchev–Trinajstić information content (AvgIpc) is 2.30. The zero-order chi connectivity index (χ0) is 13.0. The third kappa shape index (κ3) is 10.8. The first-order valence-electron chi connectivity index (χ1n) is 7.87. The molecule has 2 heteroatoms. The fraction of sp³-hybridized carbons (Fsp3) is 1.00. The molecule has 0 N–H and O–H groups in total. The summed E-state index contributed by atoms with van der Waals surface area (Å²) in [7, 11) is 7.07. The molecule has 0 amide bonds. The second-order valence-electron chi connectivity index (χ2n) is 5.52. The molecule has 0 aromatic carbocycles. The molecule has 0 radical (unpaired) electrons. The Hall–Kier alpha value is 1.21. The summed E-state index contributed by atoms with van der Waals surface area (Å²) in [5.41, 5.74) is 0. The van der Waals surface area contributed by atoms with E-state index in [2.05, 4.69) is 20.8 Å². The molecule has 0 aromatic heterocycles. The predicted octanol–water partition coefficient (Wildman–Crippen LogP) is 6.74. The average molecular weight is 456 g/mol. The van der Waals surface area contributed by atoms with E-state index in [9.17, 15) is 0 Å². The first kappa shape index (κ1) is 18.2. The fourth-order valence-corrected chi connectivity index (χ4v) is 19.2. The summed E-state index contributed by atoms with van der Waals surface area (Å²) in [5, 5.41) is 0. The Balaban J connectivity index is 3.95. The third-order valence-electron chi connectivity index (χ3n) is 3.69. The monoisotopic (exact) mass is 456 g/mol. The summed E-state index contributed by atoms with van der Waals surface area (Å²) < 4.78 is 4.36. The van der Waals surface area contributed by atoms with E-state index in [-0.39, 0.29) is 0 Å². The Morgan fingerprint density at radius 1 is 0.588 bits per heavy atom. The van der Waals surface area contributed by atoms with E-state index in [1.165, 1.54) is 69.7 Å². The molecule has 0 aliphatic rings. The van der Waals surface area contributed by atoms with E-state index in [0.717, 1.165) is 0 Å². The minimum absolute atomic E-state index is 1.34. The van der Waals surface area contributed by atoms with E-state index in [1.54, 1.807) is 0 Å². The van der Waals surface area contributed by atoms with Crippen LogP contribution in [0.4, 0.5) is 0 Å². The van der Waals surface area contributed by atoms with Crippen LogP contribution in [0.2, 0.25) is 11.9 Å². The molecule has 0 nitrogen and oxygen atoms in total. The van der Waals surface area contributed by atoms with Crippen molar-refractivity contribution in [2.75, 3.05) is 0 Å². The van der Waals surface area contributed by atoms with Crippen LogP contribution in [-0.4, -0.2) is 19.9 Å². The Labute approximate surface area is 118 Å². The quantitative estimate of drug-likeness (QED) is 0.226. The summed E-state index contributed by atoms with van der Waals surface area (Å²) in [5.74, 6) is 0. The summed E-state index contributed by atoms with van der Waals surface area (Å²) in [6, 6.07) is 0. The zero-order valence-corrected chi connectivity index (χ0v) is 17.0. The zero-order valence-electron chi connectivity index (χ0n) is 12.4. The van der Waals surface area contributed by atoms with Crippen molar-refractivity contribution in [2.24, 2.45) is 0 Å². The van der Waals surface area contributed by atoms with Gasteiger partial charge in [0.05, 0.1) is 0 Å². The molecule has 0 spiro atoms. The van der Waals surface area contributed by atoms with Crippen molar-refractivity contribution in [1.29, 1.82) is 0 Å². The van der Waals surface area contributed by atoms with Crippen molar-refractivity contribution < 1.29 is 0 Å². The van der Waals surface area contributed by atoms with Crippen LogP contribution in [0.3, 0.4) is 0 Å². The van der Waals surface area contributed by atoms with Gasteiger partial charge in [-0.15, -0.1) is 0 Å². The Morgan fingerprint density at radius 3 is 1.12 bits per heavy atom. The molecule has 0 saturated heterocycles. The van der Waals surface area contributed by atoms with Crippen molar-refractivity contribution in [3.8, 4) is 0 Å². The van der Waals surface area contributed by atoms with Crippen molar-refractivity contribution in [3.05, 3.63) is 0 Å². The van der Waals surface area contributed by atoms with Crippen LogP contribution in [0, 0.1) is 0 Å². The number of unbranched alkanes of at least 4 members (excludes halogenated alkanes) is 6. The van der Waals surface area contributed by atoms with Gasteiger partial charge >= 0.3 is 119 Å². The molecule has 104 valence electrons. The maximum atomic E-state index is 7.07. The topological polar surface area (TPSA) is 0 Å². The first-order valence-corrected chi connectivity index (χ1v) is 20.9. The molecular formula is C15H33ClPb. The van der Waals surface area contributed by atoms with Crippen LogP contribution in [0.1, 0.15) is 78.6 Å². The van der Waals surface area contributed by atoms with Gasteiger partial charge in [-0.3, -0.25) is 0 Å². The molecular weight excluding hydrogens is 423 g/mol. The van der Waals surface area contributed by atoms with Gasteiger partial charge in [-0.25, -0.2) is 0 Å². The Kier molecular flexibility index (Phi) is 13.1. The van der Waals surface area contributed by atoms with Gasteiger partial charge in [-0.1, -0.05) is 0 Å². The van der Waals surface area contributed by atoms with Crippen LogP contribution >= 0.6 is 8.32 Å². The molecule has 0 saturated carbocycles. The van der Waals surface area contributed by atoms with Gasteiger partial charge in [0.15, 0.2) is 0 Å². The summed E-state index contributed by atoms with van der Waals surface area (Å²) in [4.78, 5) is 0. The van der Waals surface area contributed by atoms with E-state index >= 15 is 0 Å². The predicted molar refractivity (Wildman–Crippen MR) is 84.6 cm³/mol. The van der Waals surface area contributed by atoms with Gasteiger partial charge in [0.1, 0.15) is 0 Å². The summed E-state index contributed by atoms with van der Waals surface area (Å²) in [6.07, 6.45) is 12.5. The molecule has 0 atom stereocenters. The molecule has 17 heavy (non-hydrogen) atoms. The molecule has 0 aliphatic carbocycles. The normalized spacial score (nSPS) is 12.0. The molecule has 0 rings (SSSR count). The van der Waals surface area contributed by atoms with Gasteiger partial charge in [0, 0.05) is 0 Å². The van der Waals surface area contributed by atoms with Gasteiger partial charge < -0.3 is 0 Å².